The van der Waals surface area contributed by atoms with E-state index in [0.717, 1.165) is 17.1 Å². The Hall–Kier alpha value is -2.86. The van der Waals surface area contributed by atoms with Crippen LogP contribution in [-0.4, -0.2) is 21.8 Å². The molecule has 1 N–H and O–H groups in total. The zero-order valence-corrected chi connectivity index (χ0v) is 18.6. The first-order valence-electron chi connectivity index (χ1n) is 11.1. The third-order valence-corrected chi connectivity index (χ3v) is 6.82. The lowest BCUT2D eigenvalue weighted by molar-refractivity contribution is 0.353. The molecule has 6 heteroatoms. The Morgan fingerprint density at radius 3 is 2.71 bits per heavy atom. The highest BCUT2D eigenvalue weighted by atomic mass is 32.1. The van der Waals surface area contributed by atoms with E-state index in [4.69, 9.17) is 17.0 Å². The number of nitrogens with zero attached hydrogens (tertiary/aromatic N) is 3. The van der Waals surface area contributed by atoms with Gasteiger partial charge < -0.3 is 19.5 Å². The number of rotatable bonds is 5. The van der Waals surface area contributed by atoms with Gasteiger partial charge in [0.1, 0.15) is 5.75 Å². The maximum Gasteiger partial charge on any atom is 0.174 e. The molecule has 3 heterocycles. The summed E-state index contributed by atoms with van der Waals surface area (Å²) in [6, 6.07) is 17.0. The zero-order valence-electron chi connectivity index (χ0n) is 17.8. The van der Waals surface area contributed by atoms with Gasteiger partial charge >= 0.3 is 0 Å². The minimum atomic E-state index is -0.0258. The molecular weight excluding hydrogens is 404 g/mol. The molecule has 1 aliphatic heterocycles. The topological polar surface area (TPSA) is 42.3 Å². The van der Waals surface area contributed by atoms with Gasteiger partial charge in [-0.05, 0) is 61.0 Å². The summed E-state index contributed by atoms with van der Waals surface area (Å²) < 4.78 is 7.89. The van der Waals surface area contributed by atoms with Crippen molar-refractivity contribution in [3.05, 3.63) is 78.4 Å². The van der Waals surface area contributed by atoms with Crippen LogP contribution in [0.25, 0.3) is 0 Å². The Kier molecular flexibility index (Phi) is 5.64. The van der Waals surface area contributed by atoms with Crippen LogP contribution in [0.1, 0.15) is 61.5 Å². The molecule has 160 valence electrons. The fraction of sp³-hybridized carbons (Fsp3) is 0.360. The molecule has 1 saturated carbocycles. The molecule has 2 aliphatic rings. The Balaban J connectivity index is 1.55. The SMILES string of the molecule is COc1cccc(N2C(=S)N[C@H](c3ccccn3)[C@H]2c2ccn(C3CCCCC3)c2)c1. The fourth-order valence-corrected chi connectivity index (χ4v) is 5.29. The molecule has 2 fully saturated rings. The van der Waals surface area contributed by atoms with Crippen LogP contribution in [0, 0.1) is 0 Å². The van der Waals surface area contributed by atoms with Gasteiger partial charge in [0.2, 0.25) is 0 Å². The number of hydrogen-bond donors (Lipinski definition) is 1. The van der Waals surface area contributed by atoms with E-state index < -0.39 is 0 Å². The largest absolute Gasteiger partial charge is 0.497 e. The summed E-state index contributed by atoms with van der Waals surface area (Å²) in [6.45, 7) is 0. The predicted molar refractivity (Wildman–Crippen MR) is 127 cm³/mol. The minimum absolute atomic E-state index is 0.0133. The van der Waals surface area contributed by atoms with Crippen LogP contribution in [-0.2, 0) is 0 Å². The maximum absolute atomic E-state index is 5.83. The molecular formula is C25H28N4OS. The number of ether oxygens (including phenoxy) is 1. The van der Waals surface area contributed by atoms with Crippen LogP contribution >= 0.6 is 12.2 Å². The monoisotopic (exact) mass is 432 g/mol. The number of aromatic nitrogens is 2. The smallest absolute Gasteiger partial charge is 0.174 e. The number of pyridine rings is 1. The summed E-state index contributed by atoms with van der Waals surface area (Å²) in [5.74, 6) is 0.820. The first-order chi connectivity index (χ1) is 15.2. The Morgan fingerprint density at radius 1 is 1.06 bits per heavy atom. The van der Waals surface area contributed by atoms with Gasteiger partial charge in [0, 0.05) is 36.4 Å². The van der Waals surface area contributed by atoms with Gasteiger partial charge in [0.25, 0.3) is 0 Å². The van der Waals surface area contributed by atoms with Crippen LogP contribution in [0.5, 0.6) is 5.75 Å². The summed E-state index contributed by atoms with van der Waals surface area (Å²) in [5, 5.41) is 4.25. The Labute approximate surface area is 189 Å². The second-order valence-electron chi connectivity index (χ2n) is 8.38. The van der Waals surface area contributed by atoms with E-state index in [1.807, 2.05) is 36.5 Å². The van der Waals surface area contributed by atoms with E-state index in [2.05, 4.69) is 50.4 Å². The molecule has 0 spiro atoms. The molecule has 0 bridgehead atoms. The third kappa shape index (κ3) is 3.92. The molecule has 0 radical (unpaired) electrons. The van der Waals surface area contributed by atoms with Gasteiger partial charge in [0.15, 0.2) is 5.11 Å². The number of methoxy groups -OCH3 is 1. The highest BCUT2D eigenvalue weighted by Gasteiger charge is 2.41. The first-order valence-corrected chi connectivity index (χ1v) is 11.5. The predicted octanol–water partition coefficient (Wildman–Crippen LogP) is 5.57. The number of thiocarbonyl (C=S) groups is 1. The van der Waals surface area contributed by atoms with E-state index in [1.165, 1.54) is 37.7 Å². The fourth-order valence-electron chi connectivity index (χ4n) is 4.94. The highest BCUT2D eigenvalue weighted by molar-refractivity contribution is 7.80. The van der Waals surface area contributed by atoms with Crippen molar-refractivity contribution in [2.24, 2.45) is 0 Å². The molecule has 0 unspecified atom stereocenters. The quantitative estimate of drug-likeness (QED) is 0.534. The number of nitrogens with one attached hydrogen (secondary N) is 1. The zero-order chi connectivity index (χ0) is 21.2. The number of benzene rings is 1. The van der Waals surface area contributed by atoms with Crippen LogP contribution in [0.15, 0.2) is 67.1 Å². The molecule has 1 aliphatic carbocycles. The lowest BCUT2D eigenvalue weighted by atomic mass is 9.95. The maximum atomic E-state index is 5.83. The number of anilines is 1. The second kappa shape index (κ2) is 8.71. The molecule has 31 heavy (non-hydrogen) atoms. The van der Waals surface area contributed by atoms with E-state index in [1.54, 1.807) is 7.11 Å². The Morgan fingerprint density at radius 2 is 1.94 bits per heavy atom. The van der Waals surface area contributed by atoms with Crippen molar-refractivity contribution >= 4 is 23.0 Å². The molecule has 5 nitrogen and oxygen atoms in total. The molecule has 5 rings (SSSR count). The van der Waals surface area contributed by atoms with Gasteiger partial charge in [0.05, 0.1) is 24.9 Å². The summed E-state index contributed by atoms with van der Waals surface area (Å²) in [5.41, 5.74) is 3.26. The van der Waals surface area contributed by atoms with E-state index in [9.17, 15) is 0 Å². The van der Waals surface area contributed by atoms with Crippen LogP contribution in [0.4, 0.5) is 5.69 Å². The summed E-state index contributed by atoms with van der Waals surface area (Å²) in [7, 11) is 1.69. The van der Waals surface area contributed by atoms with Crippen LogP contribution < -0.4 is 15.0 Å². The van der Waals surface area contributed by atoms with Crippen molar-refractivity contribution in [3.63, 3.8) is 0 Å². The highest BCUT2D eigenvalue weighted by Crippen LogP contribution is 2.42. The van der Waals surface area contributed by atoms with E-state index >= 15 is 0 Å². The molecule has 0 amide bonds. The average molecular weight is 433 g/mol. The lowest BCUT2D eigenvalue weighted by Crippen LogP contribution is -2.29. The van der Waals surface area contributed by atoms with Crippen molar-refractivity contribution in [2.75, 3.05) is 12.0 Å². The summed E-state index contributed by atoms with van der Waals surface area (Å²) in [6.07, 6.45) is 12.9. The summed E-state index contributed by atoms with van der Waals surface area (Å²) in [4.78, 5) is 6.86. The van der Waals surface area contributed by atoms with Crippen molar-refractivity contribution in [1.29, 1.82) is 0 Å². The standard InChI is InChI=1S/C25H28N4OS/c1-30-21-11-7-10-20(16-21)29-24(23(27-25(29)31)22-12-5-6-14-26-22)18-13-15-28(17-18)19-8-3-2-4-9-19/h5-7,10-17,19,23-24H,2-4,8-9H2,1H3,(H,27,31)/t23-,24-/m1/s1. The van der Waals surface area contributed by atoms with Crippen molar-refractivity contribution in [3.8, 4) is 5.75 Å². The molecule has 1 aromatic carbocycles. The van der Waals surface area contributed by atoms with Crippen LogP contribution in [0.3, 0.4) is 0 Å². The second-order valence-corrected chi connectivity index (χ2v) is 8.77. The number of hydrogen-bond acceptors (Lipinski definition) is 3. The van der Waals surface area contributed by atoms with Crippen molar-refractivity contribution in [2.45, 2.75) is 50.2 Å². The first kappa shape index (κ1) is 20.1. The lowest BCUT2D eigenvalue weighted by Gasteiger charge is -2.28. The average Bonchev–Trinajstić information content (AvgIpc) is 3.45. The minimum Gasteiger partial charge on any atom is -0.497 e. The van der Waals surface area contributed by atoms with E-state index in [0.29, 0.717) is 11.2 Å². The van der Waals surface area contributed by atoms with Crippen molar-refractivity contribution in [1.82, 2.24) is 14.9 Å². The normalized spacial score (nSPS) is 21.8. The van der Waals surface area contributed by atoms with Gasteiger partial charge in [-0.15, -0.1) is 0 Å². The van der Waals surface area contributed by atoms with Gasteiger partial charge in [-0.25, -0.2) is 0 Å². The molecule has 2 aromatic heterocycles. The molecule has 3 aromatic rings. The van der Waals surface area contributed by atoms with E-state index in [-0.39, 0.29) is 12.1 Å². The van der Waals surface area contributed by atoms with Gasteiger partial charge in [-0.3, -0.25) is 4.98 Å². The Bertz CT molecular complexity index is 1040. The summed E-state index contributed by atoms with van der Waals surface area (Å²) >= 11 is 5.83. The van der Waals surface area contributed by atoms with Crippen molar-refractivity contribution < 1.29 is 4.74 Å². The molecule has 2 atom stereocenters. The molecule has 1 saturated heterocycles. The van der Waals surface area contributed by atoms with Gasteiger partial charge in [-0.1, -0.05) is 31.4 Å². The van der Waals surface area contributed by atoms with Crippen LogP contribution in [0.2, 0.25) is 0 Å². The van der Waals surface area contributed by atoms with Gasteiger partial charge in [-0.2, -0.15) is 0 Å². The third-order valence-electron chi connectivity index (χ3n) is 6.50.